The fourth-order valence-corrected chi connectivity index (χ4v) is 9.25. The zero-order valence-electron chi connectivity index (χ0n) is 36.7. The van der Waals surface area contributed by atoms with E-state index in [1.165, 1.54) is 50.2 Å². The number of carbonyl (C=O) groups is 2. The van der Waals surface area contributed by atoms with Crippen LogP contribution in [0, 0.1) is 17.8 Å². The van der Waals surface area contributed by atoms with Crippen LogP contribution in [-0.4, -0.2) is 70.0 Å². The number of para-hydroxylation sites is 1. The number of hydrogen-bond donors (Lipinski definition) is 0. The number of hydrogen-bond acceptors (Lipinski definition) is 12. The first-order chi connectivity index (χ1) is 30.4. The maximum atomic E-state index is 13.2. The summed E-state index contributed by atoms with van der Waals surface area (Å²) >= 11 is 1.59. The first-order valence-electron chi connectivity index (χ1n) is 22.7. The predicted octanol–water partition coefficient (Wildman–Crippen LogP) is 11.3. The molecule has 0 spiro atoms. The molecular weight excluding hydrogens is 803 g/mol. The number of benzene rings is 3. The molecule has 6 rings (SSSR count). The van der Waals surface area contributed by atoms with Crippen molar-refractivity contribution in [1.29, 1.82) is 0 Å². The summed E-state index contributed by atoms with van der Waals surface area (Å²) < 4.78 is 35.6. The molecule has 62 heavy (non-hydrogen) atoms. The zero-order valence-corrected chi connectivity index (χ0v) is 37.5. The van der Waals surface area contributed by atoms with E-state index in [4.69, 9.17) is 38.5 Å². The fraction of sp³-hybridized carbons (Fsp3) is 0.520. The van der Waals surface area contributed by atoms with Gasteiger partial charge in [-0.2, -0.15) is 5.10 Å². The van der Waals surface area contributed by atoms with Crippen molar-refractivity contribution in [3.63, 3.8) is 0 Å². The molecule has 0 atom stereocenters. The molecule has 1 heterocycles. The molecule has 4 aromatic rings. The molecule has 11 nitrogen and oxygen atoms in total. The molecule has 0 bridgehead atoms. The Morgan fingerprint density at radius 3 is 2.32 bits per heavy atom. The van der Waals surface area contributed by atoms with Crippen molar-refractivity contribution in [2.75, 3.05) is 51.9 Å². The first-order valence-corrected chi connectivity index (χ1v) is 23.5. The Balaban J connectivity index is 1.02. The van der Waals surface area contributed by atoms with E-state index in [9.17, 15) is 9.59 Å². The second kappa shape index (κ2) is 25.4. The van der Waals surface area contributed by atoms with Crippen molar-refractivity contribution in [1.82, 2.24) is 4.98 Å². The van der Waals surface area contributed by atoms with Gasteiger partial charge in [0.25, 0.3) is 0 Å². The topological polar surface area (TPSA) is 118 Å². The summed E-state index contributed by atoms with van der Waals surface area (Å²) in [5.41, 5.74) is 3.21. The standard InChI is InChI=1S/C50H65N3O8S/c1-4-12-37-15-19-39(20-16-37)41-23-28-46(42(33-41)34-51-53(36-57-32-31-56-3)50-52-45-13-8-9-14-47(45)62-50)60-35-38-17-21-40(22-18-38)49(55)61-44-26-24-43(25-27-44)58-29-10-6-7-11-30-59-48(54)5-2/h5,8-9,13-14,23-28,33-34,37-40H,2,4,6-7,10-12,15-22,29-32,35-36H2,1,3H3/b51-34+. The van der Waals surface area contributed by atoms with Crippen LogP contribution in [0.3, 0.4) is 0 Å². The van der Waals surface area contributed by atoms with Gasteiger partial charge in [-0.3, -0.25) is 4.79 Å². The molecule has 0 radical (unpaired) electrons. The highest BCUT2D eigenvalue weighted by Gasteiger charge is 2.29. The van der Waals surface area contributed by atoms with Crippen molar-refractivity contribution in [2.24, 2.45) is 22.9 Å². The molecular formula is C50H65N3O8S. The van der Waals surface area contributed by atoms with Gasteiger partial charge in [-0.05, 0) is 149 Å². The largest absolute Gasteiger partial charge is 0.494 e. The van der Waals surface area contributed by atoms with Crippen LogP contribution in [-0.2, 0) is 23.8 Å². The Kier molecular flexibility index (Phi) is 19.1. The lowest BCUT2D eigenvalue weighted by atomic mass is 9.77. The number of unbranched alkanes of at least 4 members (excludes halogenated alkanes) is 3. The third-order valence-electron chi connectivity index (χ3n) is 11.9. The summed E-state index contributed by atoms with van der Waals surface area (Å²) in [6.07, 6.45) is 17.6. The number of methoxy groups -OCH3 is 1. The van der Waals surface area contributed by atoms with E-state index in [2.05, 4.69) is 37.8 Å². The highest BCUT2D eigenvalue weighted by Crippen LogP contribution is 2.39. The van der Waals surface area contributed by atoms with Crippen LogP contribution in [0.5, 0.6) is 17.2 Å². The molecule has 3 aromatic carbocycles. The molecule has 2 aliphatic carbocycles. The smallest absolute Gasteiger partial charge is 0.330 e. The van der Waals surface area contributed by atoms with E-state index in [1.807, 2.05) is 41.6 Å². The lowest BCUT2D eigenvalue weighted by Crippen LogP contribution is -2.27. The number of carbonyl (C=O) groups excluding carboxylic acids is 2. The lowest BCUT2D eigenvalue weighted by Gasteiger charge is -2.29. The van der Waals surface area contributed by atoms with Crippen LogP contribution in [0.2, 0.25) is 0 Å². The van der Waals surface area contributed by atoms with Gasteiger partial charge in [0.1, 0.15) is 24.0 Å². The minimum atomic E-state index is -0.383. The number of ether oxygens (including phenoxy) is 6. The first kappa shape index (κ1) is 46.7. The molecule has 2 fully saturated rings. The van der Waals surface area contributed by atoms with Crippen molar-refractivity contribution in [3.8, 4) is 17.2 Å². The molecule has 12 heteroatoms. The van der Waals surface area contributed by atoms with Gasteiger partial charge in [0, 0.05) is 18.7 Å². The third-order valence-corrected chi connectivity index (χ3v) is 13.0. The van der Waals surface area contributed by atoms with Crippen LogP contribution in [0.1, 0.15) is 114 Å². The maximum absolute atomic E-state index is 13.2. The Morgan fingerprint density at radius 1 is 0.839 bits per heavy atom. The van der Waals surface area contributed by atoms with E-state index in [-0.39, 0.29) is 24.6 Å². The van der Waals surface area contributed by atoms with Crippen molar-refractivity contribution in [3.05, 3.63) is 90.5 Å². The second-order valence-corrected chi connectivity index (χ2v) is 17.5. The van der Waals surface area contributed by atoms with Crippen LogP contribution in [0.4, 0.5) is 5.13 Å². The maximum Gasteiger partial charge on any atom is 0.330 e. The fourth-order valence-electron chi connectivity index (χ4n) is 8.33. The molecule has 0 aliphatic heterocycles. The highest BCUT2D eigenvalue weighted by molar-refractivity contribution is 7.22. The molecule has 0 N–H and O–H groups in total. The van der Waals surface area contributed by atoms with Gasteiger partial charge in [-0.25, -0.2) is 14.8 Å². The van der Waals surface area contributed by atoms with Crippen molar-refractivity contribution < 1.29 is 38.0 Å². The van der Waals surface area contributed by atoms with Crippen LogP contribution in [0.25, 0.3) is 10.2 Å². The van der Waals surface area contributed by atoms with Gasteiger partial charge in [0.2, 0.25) is 5.13 Å². The number of esters is 2. The van der Waals surface area contributed by atoms with Crippen LogP contribution >= 0.6 is 11.3 Å². The third kappa shape index (κ3) is 14.7. The van der Waals surface area contributed by atoms with E-state index in [0.717, 1.165) is 89.7 Å². The van der Waals surface area contributed by atoms with Crippen molar-refractivity contribution in [2.45, 2.75) is 103 Å². The molecule has 1 aromatic heterocycles. The number of thiazole rings is 1. The summed E-state index contributed by atoms with van der Waals surface area (Å²) in [7, 11) is 1.67. The van der Waals surface area contributed by atoms with Gasteiger partial charge < -0.3 is 28.4 Å². The summed E-state index contributed by atoms with van der Waals surface area (Å²) in [6.45, 7) is 8.44. The van der Waals surface area contributed by atoms with Crippen molar-refractivity contribution >= 4 is 44.8 Å². The average molecular weight is 868 g/mol. The van der Waals surface area contributed by atoms with Crippen LogP contribution in [0.15, 0.2) is 84.5 Å². The zero-order chi connectivity index (χ0) is 43.4. The molecule has 2 saturated carbocycles. The van der Waals surface area contributed by atoms with Gasteiger partial charge in [0.05, 0.1) is 55.4 Å². The monoisotopic (exact) mass is 867 g/mol. The van der Waals surface area contributed by atoms with Gasteiger partial charge in [-0.1, -0.05) is 55.9 Å². The quantitative estimate of drug-likeness (QED) is 0.0121. The lowest BCUT2D eigenvalue weighted by molar-refractivity contribution is -0.140. The number of fused-ring (bicyclic) bond motifs is 1. The molecule has 334 valence electrons. The van der Waals surface area contributed by atoms with E-state index < -0.39 is 0 Å². The Morgan fingerprint density at radius 2 is 1.58 bits per heavy atom. The van der Waals surface area contributed by atoms with E-state index in [0.29, 0.717) is 50.6 Å². The number of aromatic nitrogens is 1. The Labute approximate surface area is 371 Å². The van der Waals surface area contributed by atoms with Crippen LogP contribution < -0.4 is 19.2 Å². The minimum absolute atomic E-state index is 0.142. The predicted molar refractivity (Wildman–Crippen MR) is 247 cm³/mol. The van der Waals surface area contributed by atoms with Gasteiger partial charge in [-0.15, -0.1) is 0 Å². The average Bonchev–Trinajstić information content (AvgIpc) is 3.74. The number of hydrazone groups is 1. The summed E-state index contributed by atoms with van der Waals surface area (Å²) in [6, 6.07) is 22.0. The summed E-state index contributed by atoms with van der Waals surface area (Å²) in [5.74, 6) is 3.06. The molecule has 0 amide bonds. The molecule has 0 unspecified atom stereocenters. The normalized spacial score (nSPS) is 19.0. The second-order valence-electron chi connectivity index (χ2n) is 16.5. The molecule has 0 saturated heterocycles. The Bertz CT molecular complexity index is 1970. The Hall–Kier alpha value is -4.78. The summed E-state index contributed by atoms with van der Waals surface area (Å²) in [4.78, 5) is 29.2. The number of rotatable bonds is 25. The summed E-state index contributed by atoms with van der Waals surface area (Å²) in [5, 5.41) is 7.55. The van der Waals surface area contributed by atoms with E-state index in [1.54, 1.807) is 30.6 Å². The SMILES string of the molecule is C=CC(=O)OCCCCCCOc1ccc(OC(=O)C2CCC(COc3ccc(C4CCC(CCC)CC4)cc3/C=N/N(COCCOC)c3nc4ccccc4s3)CC2)cc1. The van der Waals surface area contributed by atoms with Gasteiger partial charge in [0.15, 0.2) is 0 Å². The number of nitrogens with zero attached hydrogens (tertiary/aromatic N) is 3. The minimum Gasteiger partial charge on any atom is -0.494 e. The van der Waals surface area contributed by atoms with E-state index >= 15 is 0 Å². The molecule has 2 aliphatic rings. The highest BCUT2D eigenvalue weighted by atomic mass is 32.1. The van der Waals surface area contributed by atoms with Gasteiger partial charge >= 0.3 is 11.9 Å². The number of anilines is 1.